The third-order valence-corrected chi connectivity index (χ3v) is 5.66. The lowest BCUT2D eigenvalue weighted by Crippen LogP contribution is -2.57. The molecule has 3 rings (SSSR count). The van der Waals surface area contributed by atoms with Gasteiger partial charge in [-0.15, -0.1) is 0 Å². The van der Waals surface area contributed by atoms with Gasteiger partial charge in [0, 0.05) is 50.5 Å². The van der Waals surface area contributed by atoms with Crippen LogP contribution in [0.3, 0.4) is 0 Å². The van der Waals surface area contributed by atoms with Crippen molar-refractivity contribution in [1.29, 1.82) is 5.26 Å². The molecule has 1 aromatic carbocycles. The van der Waals surface area contributed by atoms with Crippen LogP contribution in [-0.2, 0) is 0 Å². The molecule has 2 N–H and O–H groups in total. The van der Waals surface area contributed by atoms with Gasteiger partial charge in [0.25, 0.3) is 0 Å². The maximum atomic E-state index is 12.3. The zero-order valence-corrected chi connectivity index (χ0v) is 16.3. The Labute approximate surface area is 162 Å². The normalized spacial score (nSPS) is 21.7. The molecular weight excluding hydrogens is 338 g/mol. The summed E-state index contributed by atoms with van der Waals surface area (Å²) in [5.41, 5.74) is 1.75. The molecule has 27 heavy (non-hydrogen) atoms. The number of carbonyl (C=O) groups excluding carboxylic acids is 1. The van der Waals surface area contributed by atoms with Crippen molar-refractivity contribution in [2.45, 2.75) is 51.1 Å². The van der Waals surface area contributed by atoms with Crippen LogP contribution in [-0.4, -0.2) is 60.6 Å². The first kappa shape index (κ1) is 19.5. The molecule has 2 aliphatic rings. The minimum absolute atomic E-state index is 0.113. The van der Waals surface area contributed by atoms with Crippen LogP contribution in [0.2, 0.25) is 0 Å². The van der Waals surface area contributed by atoms with Gasteiger partial charge in [-0.25, -0.2) is 4.79 Å². The summed E-state index contributed by atoms with van der Waals surface area (Å²) in [5.74, 6) is 0. The number of nitrogens with zero attached hydrogens (tertiary/aromatic N) is 3. The van der Waals surface area contributed by atoms with Gasteiger partial charge in [0.2, 0.25) is 0 Å². The number of piperazine rings is 1. The van der Waals surface area contributed by atoms with E-state index in [1.54, 1.807) is 0 Å². The van der Waals surface area contributed by atoms with Gasteiger partial charge in [-0.3, -0.25) is 4.90 Å². The highest BCUT2D eigenvalue weighted by molar-refractivity contribution is 5.74. The lowest BCUT2D eigenvalue weighted by Gasteiger charge is -2.41. The van der Waals surface area contributed by atoms with Crippen LogP contribution < -0.4 is 10.6 Å². The molecule has 2 amide bonds. The van der Waals surface area contributed by atoms with Gasteiger partial charge in [0.05, 0.1) is 11.6 Å². The Balaban J connectivity index is 1.39. The second-order valence-corrected chi connectivity index (χ2v) is 7.58. The predicted octanol–water partition coefficient (Wildman–Crippen LogP) is 3.02. The molecule has 0 saturated carbocycles. The number of carbonyl (C=O) groups is 1. The SMILES string of the molecule is CCCCNC(=O)N1CC2CCC(C1)N2CCCNc1ccc(C#N)cc1. The number of hydrogen-bond acceptors (Lipinski definition) is 4. The number of urea groups is 1. The number of nitrogens with one attached hydrogen (secondary N) is 2. The van der Waals surface area contributed by atoms with Crippen LogP contribution in [0, 0.1) is 11.3 Å². The molecule has 2 unspecified atom stereocenters. The van der Waals surface area contributed by atoms with E-state index in [1.165, 1.54) is 12.8 Å². The highest BCUT2D eigenvalue weighted by atomic mass is 16.2. The van der Waals surface area contributed by atoms with E-state index in [0.29, 0.717) is 17.6 Å². The van der Waals surface area contributed by atoms with Crippen LogP contribution >= 0.6 is 0 Å². The summed E-state index contributed by atoms with van der Waals surface area (Å²) in [6.45, 7) is 6.63. The Morgan fingerprint density at radius 2 is 1.85 bits per heavy atom. The van der Waals surface area contributed by atoms with E-state index in [2.05, 4.69) is 28.5 Å². The van der Waals surface area contributed by atoms with E-state index in [0.717, 1.165) is 57.7 Å². The topological polar surface area (TPSA) is 71.4 Å². The molecule has 0 aliphatic carbocycles. The summed E-state index contributed by atoms with van der Waals surface area (Å²) in [4.78, 5) is 17.0. The average Bonchev–Trinajstić information content (AvgIpc) is 2.92. The van der Waals surface area contributed by atoms with E-state index in [4.69, 9.17) is 5.26 Å². The summed E-state index contributed by atoms with van der Waals surface area (Å²) in [7, 11) is 0. The van der Waals surface area contributed by atoms with Crippen molar-refractivity contribution in [3.63, 3.8) is 0 Å². The highest BCUT2D eigenvalue weighted by Crippen LogP contribution is 2.30. The fourth-order valence-corrected chi connectivity index (χ4v) is 4.16. The molecule has 2 fully saturated rings. The number of amides is 2. The molecule has 1 aromatic rings. The maximum Gasteiger partial charge on any atom is 0.317 e. The van der Waals surface area contributed by atoms with Gasteiger partial charge in [-0.2, -0.15) is 5.26 Å². The Morgan fingerprint density at radius 3 is 2.48 bits per heavy atom. The quantitative estimate of drug-likeness (QED) is 0.691. The Bertz CT molecular complexity index is 640. The van der Waals surface area contributed by atoms with Crippen LogP contribution in [0.4, 0.5) is 10.5 Å². The minimum atomic E-state index is 0.113. The number of likely N-dealkylation sites (tertiary alicyclic amines) is 1. The molecule has 0 spiro atoms. The average molecular weight is 370 g/mol. The summed E-state index contributed by atoms with van der Waals surface area (Å²) in [5, 5.41) is 15.3. The van der Waals surface area contributed by atoms with Crippen molar-refractivity contribution < 1.29 is 4.79 Å². The van der Waals surface area contributed by atoms with E-state index < -0.39 is 0 Å². The van der Waals surface area contributed by atoms with Crippen LogP contribution in [0.1, 0.15) is 44.6 Å². The summed E-state index contributed by atoms with van der Waals surface area (Å²) < 4.78 is 0. The number of anilines is 1. The summed E-state index contributed by atoms with van der Waals surface area (Å²) in [6.07, 6.45) is 5.63. The number of benzene rings is 1. The Hall–Kier alpha value is -2.26. The van der Waals surface area contributed by atoms with E-state index in [9.17, 15) is 4.79 Å². The molecule has 2 heterocycles. The molecule has 2 atom stereocenters. The van der Waals surface area contributed by atoms with Crippen molar-refractivity contribution >= 4 is 11.7 Å². The highest BCUT2D eigenvalue weighted by Gasteiger charge is 2.40. The fourth-order valence-electron chi connectivity index (χ4n) is 4.16. The third-order valence-electron chi connectivity index (χ3n) is 5.66. The first-order chi connectivity index (χ1) is 13.2. The molecule has 0 radical (unpaired) electrons. The van der Waals surface area contributed by atoms with Crippen LogP contribution in [0.5, 0.6) is 0 Å². The number of hydrogen-bond donors (Lipinski definition) is 2. The Morgan fingerprint density at radius 1 is 1.15 bits per heavy atom. The predicted molar refractivity (Wildman–Crippen MR) is 108 cm³/mol. The molecule has 2 aliphatic heterocycles. The Kier molecular flexibility index (Phi) is 6.94. The van der Waals surface area contributed by atoms with Crippen LogP contribution in [0.15, 0.2) is 24.3 Å². The van der Waals surface area contributed by atoms with Crippen molar-refractivity contribution in [3.05, 3.63) is 29.8 Å². The summed E-state index contributed by atoms with van der Waals surface area (Å²) >= 11 is 0. The van der Waals surface area contributed by atoms with Gasteiger partial charge in [-0.05, 0) is 49.9 Å². The van der Waals surface area contributed by atoms with Crippen molar-refractivity contribution in [3.8, 4) is 6.07 Å². The number of fused-ring (bicyclic) bond motifs is 2. The van der Waals surface area contributed by atoms with E-state index in [-0.39, 0.29) is 6.03 Å². The van der Waals surface area contributed by atoms with Crippen LogP contribution in [0.25, 0.3) is 0 Å². The second-order valence-electron chi connectivity index (χ2n) is 7.58. The van der Waals surface area contributed by atoms with Crippen molar-refractivity contribution in [1.82, 2.24) is 15.1 Å². The standard InChI is InChI=1S/C21H31N5O/c1-2-3-11-24-21(27)25-15-19-9-10-20(16-25)26(19)13-4-12-23-18-7-5-17(14-22)6-8-18/h5-8,19-20,23H,2-4,9-13,15-16H2,1H3,(H,24,27). The minimum Gasteiger partial charge on any atom is -0.385 e. The van der Waals surface area contributed by atoms with E-state index >= 15 is 0 Å². The third kappa shape index (κ3) is 5.14. The smallest absolute Gasteiger partial charge is 0.317 e. The molecule has 6 nitrogen and oxygen atoms in total. The second kappa shape index (κ2) is 9.61. The van der Waals surface area contributed by atoms with Gasteiger partial charge < -0.3 is 15.5 Å². The molecule has 6 heteroatoms. The number of nitriles is 1. The van der Waals surface area contributed by atoms with Gasteiger partial charge in [-0.1, -0.05) is 13.3 Å². The zero-order valence-electron chi connectivity index (χ0n) is 16.3. The monoisotopic (exact) mass is 369 g/mol. The van der Waals surface area contributed by atoms with Gasteiger partial charge in [0.15, 0.2) is 0 Å². The molecule has 2 bridgehead atoms. The largest absolute Gasteiger partial charge is 0.385 e. The van der Waals surface area contributed by atoms with E-state index in [1.807, 2.05) is 29.2 Å². The zero-order chi connectivity index (χ0) is 19.1. The molecule has 2 saturated heterocycles. The van der Waals surface area contributed by atoms with Crippen molar-refractivity contribution in [2.75, 3.05) is 38.0 Å². The number of rotatable bonds is 8. The lowest BCUT2D eigenvalue weighted by atomic mass is 10.1. The van der Waals surface area contributed by atoms with Crippen molar-refractivity contribution in [2.24, 2.45) is 0 Å². The first-order valence-electron chi connectivity index (χ1n) is 10.2. The summed E-state index contributed by atoms with van der Waals surface area (Å²) in [6, 6.07) is 10.9. The lowest BCUT2D eigenvalue weighted by molar-refractivity contribution is 0.0825. The molecule has 146 valence electrons. The molecular formula is C21H31N5O. The maximum absolute atomic E-state index is 12.3. The first-order valence-corrected chi connectivity index (χ1v) is 10.2. The number of unbranched alkanes of at least 4 members (excludes halogenated alkanes) is 1. The fraction of sp³-hybridized carbons (Fsp3) is 0.619. The molecule has 0 aromatic heterocycles. The van der Waals surface area contributed by atoms with Gasteiger partial charge in [0.1, 0.15) is 0 Å². The van der Waals surface area contributed by atoms with Gasteiger partial charge >= 0.3 is 6.03 Å².